The second-order valence-corrected chi connectivity index (χ2v) is 4.75. The average molecular weight is 287 g/mol. The van der Waals surface area contributed by atoms with Gasteiger partial charge < -0.3 is 10.2 Å². The maximum Gasteiger partial charge on any atom is 1.00 e. The maximum atomic E-state index is 10.9. The van der Waals surface area contributed by atoms with Gasteiger partial charge in [0.2, 0.25) is 0 Å². The zero-order valence-corrected chi connectivity index (χ0v) is 12.2. The smallest absolute Gasteiger partial charge is 0.504 e. The van der Waals surface area contributed by atoms with Crippen molar-refractivity contribution in [3.63, 3.8) is 0 Å². The quantitative estimate of drug-likeness (QED) is 0.332. The van der Waals surface area contributed by atoms with Gasteiger partial charge in [0.25, 0.3) is 0 Å². The number of benzene rings is 1. The molecule has 0 unspecified atom stereocenters. The second kappa shape index (κ2) is 4.68. The van der Waals surface area contributed by atoms with Gasteiger partial charge in [-0.3, -0.25) is 4.55 Å². The van der Waals surface area contributed by atoms with E-state index in [4.69, 9.17) is 16.2 Å². The largest absolute Gasteiger partial charge is 1.00 e. The molecular weight excluding hydrogens is 281 g/mol. The van der Waals surface area contributed by atoms with Crippen molar-refractivity contribution in [3.8, 4) is 11.5 Å². The summed E-state index contributed by atoms with van der Waals surface area (Å²) >= 11 is 5.69. The SMILES string of the molecule is O=S(=O)(O)n1ccc2c(Cl)c(O)c(O)cc21.[Na+]. The molecule has 0 atom stereocenters. The summed E-state index contributed by atoms with van der Waals surface area (Å²) in [6, 6.07) is 2.29. The Hall–Kier alpha value is -0.440. The minimum absolute atomic E-state index is 0. The van der Waals surface area contributed by atoms with Gasteiger partial charge >= 0.3 is 39.9 Å². The fourth-order valence-corrected chi connectivity index (χ4v) is 2.26. The number of hydrogen-bond donors (Lipinski definition) is 3. The molecule has 0 spiro atoms. The number of phenolic OH excluding ortho intramolecular Hbond substituents is 2. The summed E-state index contributed by atoms with van der Waals surface area (Å²) in [4.78, 5) is 0. The van der Waals surface area contributed by atoms with Crippen LogP contribution in [-0.2, 0) is 10.3 Å². The topological polar surface area (TPSA) is 99.8 Å². The van der Waals surface area contributed by atoms with E-state index in [2.05, 4.69) is 0 Å². The van der Waals surface area contributed by atoms with E-state index >= 15 is 0 Å². The van der Waals surface area contributed by atoms with Crippen molar-refractivity contribution in [2.75, 3.05) is 0 Å². The number of aromatic nitrogens is 1. The van der Waals surface area contributed by atoms with Crippen LogP contribution in [0.25, 0.3) is 10.9 Å². The van der Waals surface area contributed by atoms with Gasteiger partial charge in [0.05, 0.1) is 10.5 Å². The molecule has 0 saturated heterocycles. The summed E-state index contributed by atoms with van der Waals surface area (Å²) in [5.41, 5.74) is -0.0252. The molecule has 0 aliphatic carbocycles. The summed E-state index contributed by atoms with van der Waals surface area (Å²) in [6.07, 6.45) is 1.06. The normalized spacial score (nSPS) is 11.4. The number of aromatic hydroxyl groups is 2. The number of nitrogens with zero attached hydrogens (tertiary/aromatic N) is 1. The third-order valence-electron chi connectivity index (χ3n) is 2.10. The van der Waals surface area contributed by atoms with Crippen molar-refractivity contribution in [3.05, 3.63) is 23.4 Å². The Morgan fingerprint density at radius 3 is 2.41 bits per heavy atom. The molecule has 3 N–H and O–H groups in total. The summed E-state index contributed by atoms with van der Waals surface area (Å²) in [5.74, 6) is -1.11. The van der Waals surface area contributed by atoms with E-state index in [-0.39, 0.29) is 45.5 Å². The van der Waals surface area contributed by atoms with E-state index in [0.717, 1.165) is 12.3 Å². The van der Waals surface area contributed by atoms with E-state index in [1.54, 1.807) is 0 Å². The van der Waals surface area contributed by atoms with E-state index in [1.807, 2.05) is 0 Å². The Morgan fingerprint density at radius 1 is 1.29 bits per heavy atom. The van der Waals surface area contributed by atoms with Crippen LogP contribution in [0.15, 0.2) is 18.3 Å². The summed E-state index contributed by atoms with van der Waals surface area (Å²) in [5, 5.41) is 18.6. The zero-order chi connectivity index (χ0) is 12.1. The van der Waals surface area contributed by atoms with E-state index < -0.39 is 21.8 Å². The first-order valence-electron chi connectivity index (χ1n) is 4.02. The number of phenols is 2. The van der Waals surface area contributed by atoms with Gasteiger partial charge in [-0.25, -0.2) is 3.97 Å². The fourth-order valence-electron chi connectivity index (χ4n) is 1.39. The molecule has 0 aliphatic rings. The molecule has 86 valence electrons. The molecular formula is C8H6ClNNaO5S+. The van der Waals surface area contributed by atoms with Gasteiger partial charge in [0.1, 0.15) is 0 Å². The molecule has 1 aromatic carbocycles. The monoisotopic (exact) mass is 286 g/mol. The predicted octanol–water partition coefficient (Wildman–Crippen LogP) is -1.64. The Balaban J connectivity index is 0.00000144. The van der Waals surface area contributed by atoms with Crippen molar-refractivity contribution >= 4 is 32.8 Å². The number of halogens is 1. The van der Waals surface area contributed by atoms with Gasteiger partial charge in [-0.05, 0) is 6.07 Å². The zero-order valence-electron chi connectivity index (χ0n) is 8.62. The molecule has 17 heavy (non-hydrogen) atoms. The second-order valence-electron chi connectivity index (χ2n) is 3.08. The summed E-state index contributed by atoms with van der Waals surface area (Å²) < 4.78 is 31.3. The van der Waals surface area contributed by atoms with Crippen LogP contribution in [0.3, 0.4) is 0 Å². The molecule has 6 nitrogen and oxygen atoms in total. The molecule has 1 aromatic heterocycles. The van der Waals surface area contributed by atoms with Crippen LogP contribution in [-0.4, -0.2) is 27.2 Å². The van der Waals surface area contributed by atoms with E-state index in [9.17, 15) is 18.6 Å². The third-order valence-corrected chi connectivity index (χ3v) is 3.30. The van der Waals surface area contributed by atoms with Gasteiger partial charge in [-0.15, -0.1) is 0 Å². The number of hydrogen-bond acceptors (Lipinski definition) is 4. The molecule has 0 amide bonds. The van der Waals surface area contributed by atoms with Gasteiger partial charge in [-0.2, -0.15) is 8.42 Å². The molecule has 2 rings (SSSR count). The third kappa shape index (κ3) is 2.40. The number of fused-ring (bicyclic) bond motifs is 1. The van der Waals surface area contributed by atoms with E-state index in [1.165, 1.54) is 6.07 Å². The predicted molar refractivity (Wildman–Crippen MR) is 57.2 cm³/mol. The minimum atomic E-state index is -4.47. The Morgan fingerprint density at radius 2 is 1.88 bits per heavy atom. The van der Waals surface area contributed by atoms with Gasteiger partial charge in [0, 0.05) is 17.6 Å². The van der Waals surface area contributed by atoms with E-state index in [0.29, 0.717) is 3.97 Å². The van der Waals surface area contributed by atoms with Gasteiger partial charge in [0.15, 0.2) is 11.5 Å². The first kappa shape index (κ1) is 14.6. The van der Waals surface area contributed by atoms with Crippen LogP contribution in [0.5, 0.6) is 11.5 Å². The molecule has 0 bridgehead atoms. The molecule has 1 heterocycles. The molecule has 0 aliphatic heterocycles. The van der Waals surface area contributed by atoms with Crippen LogP contribution in [0.1, 0.15) is 0 Å². The molecule has 2 aromatic rings. The number of rotatable bonds is 1. The molecule has 0 radical (unpaired) electrons. The van der Waals surface area contributed by atoms with Crippen molar-refractivity contribution in [1.29, 1.82) is 0 Å². The van der Waals surface area contributed by atoms with Crippen LogP contribution in [0.2, 0.25) is 5.02 Å². The van der Waals surface area contributed by atoms with Crippen molar-refractivity contribution in [2.45, 2.75) is 0 Å². The van der Waals surface area contributed by atoms with Crippen molar-refractivity contribution in [2.24, 2.45) is 0 Å². The first-order valence-corrected chi connectivity index (χ1v) is 5.79. The Labute approximate surface area is 124 Å². The van der Waals surface area contributed by atoms with Crippen LogP contribution in [0, 0.1) is 0 Å². The summed E-state index contributed by atoms with van der Waals surface area (Å²) in [6.45, 7) is 0. The molecule has 0 saturated carbocycles. The fraction of sp³-hybridized carbons (Fsp3) is 0. The van der Waals surface area contributed by atoms with Crippen LogP contribution < -0.4 is 29.6 Å². The van der Waals surface area contributed by atoms with Crippen LogP contribution in [0.4, 0.5) is 0 Å². The molecule has 9 heteroatoms. The Bertz CT molecular complexity index is 681. The first-order chi connectivity index (χ1) is 7.32. The average Bonchev–Trinajstić information content (AvgIpc) is 2.57. The maximum absolute atomic E-state index is 10.9. The molecule has 0 fully saturated rings. The Kier molecular flexibility index (Phi) is 4.02. The van der Waals surface area contributed by atoms with Gasteiger partial charge in [-0.1, -0.05) is 11.6 Å². The van der Waals surface area contributed by atoms with Crippen LogP contribution >= 0.6 is 11.6 Å². The summed E-state index contributed by atoms with van der Waals surface area (Å²) in [7, 11) is -4.47. The van der Waals surface area contributed by atoms with Crippen molar-refractivity contribution in [1.82, 2.24) is 3.97 Å². The minimum Gasteiger partial charge on any atom is -0.504 e. The standard InChI is InChI=1S/C8H6ClNO5S.Na/c9-7-4-1-2-10(16(13,14)15)5(4)3-6(11)8(7)12;/h1-3,11-12H,(H,13,14,15);/q;+1. The van der Waals surface area contributed by atoms with Crippen molar-refractivity contribution < 1.29 is 52.7 Å².